The van der Waals surface area contributed by atoms with E-state index in [2.05, 4.69) is 15.3 Å². The lowest BCUT2D eigenvalue weighted by Gasteiger charge is -2.39. The van der Waals surface area contributed by atoms with E-state index in [0.29, 0.717) is 0 Å². The largest absolute Gasteiger partial charge is 0.376 e. The molecule has 1 fully saturated rings. The van der Waals surface area contributed by atoms with Crippen molar-refractivity contribution >= 4 is 0 Å². The molecule has 0 saturated heterocycles. The normalized spacial score (nSPS) is 21.2. The van der Waals surface area contributed by atoms with E-state index in [9.17, 15) is 0 Å². The van der Waals surface area contributed by atoms with Gasteiger partial charge in [0.05, 0.1) is 11.6 Å². The Morgan fingerprint density at radius 3 is 2.28 bits per heavy atom. The predicted molar refractivity (Wildman–Crippen MR) is 71.3 cm³/mol. The molecule has 1 aliphatic rings. The molecule has 1 unspecified atom stereocenters. The topological polar surface area (TPSA) is 47.0 Å². The van der Waals surface area contributed by atoms with Crippen molar-refractivity contribution in [2.24, 2.45) is 0 Å². The van der Waals surface area contributed by atoms with Gasteiger partial charge in [0.15, 0.2) is 0 Å². The van der Waals surface area contributed by atoms with E-state index in [1.165, 1.54) is 25.7 Å². The second kappa shape index (κ2) is 6.25. The molecule has 1 aliphatic carbocycles. The number of hydrogen-bond acceptors (Lipinski definition) is 4. The lowest BCUT2D eigenvalue weighted by Crippen LogP contribution is -2.44. The van der Waals surface area contributed by atoms with Gasteiger partial charge in [0.25, 0.3) is 0 Å². The zero-order valence-electron chi connectivity index (χ0n) is 11.4. The molecular formula is C14H23N3O. The molecule has 100 valence electrons. The highest BCUT2D eigenvalue weighted by molar-refractivity contribution is 5.15. The molecule has 1 heterocycles. The molecule has 0 spiro atoms. The van der Waals surface area contributed by atoms with Crippen LogP contribution in [0.2, 0.25) is 0 Å². The second-order valence-electron chi connectivity index (χ2n) is 5.08. The molecule has 0 aliphatic heterocycles. The number of hydrogen-bond donors (Lipinski definition) is 1. The Bertz CT molecular complexity index is 347. The molecule has 1 N–H and O–H groups in total. The minimum absolute atomic E-state index is 0.115. The number of rotatable bonds is 4. The molecule has 0 bridgehead atoms. The molecule has 18 heavy (non-hydrogen) atoms. The number of methoxy groups -OCH3 is 1. The summed E-state index contributed by atoms with van der Waals surface area (Å²) in [6.45, 7) is 0. The summed E-state index contributed by atoms with van der Waals surface area (Å²) in [4.78, 5) is 8.26. The molecule has 4 nitrogen and oxygen atoms in total. The molecule has 0 aromatic carbocycles. The Hall–Kier alpha value is -1.00. The smallest absolute Gasteiger partial charge is 0.115 e. The molecule has 2 rings (SSSR count). The SMILES string of the molecule is CNC(c1cncnc1)C1(OC)CCCCCC1. The summed E-state index contributed by atoms with van der Waals surface area (Å²) in [6.07, 6.45) is 12.6. The summed E-state index contributed by atoms with van der Waals surface area (Å²) in [5.41, 5.74) is 0.999. The quantitative estimate of drug-likeness (QED) is 0.833. The van der Waals surface area contributed by atoms with Crippen LogP contribution in [0.5, 0.6) is 0 Å². The maximum Gasteiger partial charge on any atom is 0.115 e. The third-order valence-electron chi connectivity index (χ3n) is 4.09. The van der Waals surface area contributed by atoms with Crippen LogP contribution < -0.4 is 5.32 Å². The van der Waals surface area contributed by atoms with Gasteiger partial charge < -0.3 is 10.1 Å². The standard InChI is InChI=1S/C14H23N3O/c1-15-13(12-9-16-11-17-10-12)14(18-2)7-5-3-4-6-8-14/h9-11,13,15H,3-8H2,1-2H3. The molecule has 4 heteroatoms. The van der Waals surface area contributed by atoms with E-state index in [4.69, 9.17) is 4.74 Å². The minimum atomic E-state index is -0.115. The predicted octanol–water partition coefficient (Wildman–Crippen LogP) is 2.48. The van der Waals surface area contributed by atoms with Crippen molar-refractivity contribution in [1.82, 2.24) is 15.3 Å². The Morgan fingerprint density at radius 1 is 1.17 bits per heavy atom. The Labute approximate surface area is 109 Å². The Morgan fingerprint density at radius 2 is 1.78 bits per heavy atom. The fraction of sp³-hybridized carbons (Fsp3) is 0.714. The first-order chi connectivity index (χ1) is 8.82. The number of nitrogens with one attached hydrogen (secondary N) is 1. The van der Waals surface area contributed by atoms with Gasteiger partial charge in [-0.3, -0.25) is 0 Å². The van der Waals surface area contributed by atoms with Crippen LogP contribution in [-0.2, 0) is 4.74 Å². The molecule has 1 atom stereocenters. The van der Waals surface area contributed by atoms with Crippen LogP contribution in [0.3, 0.4) is 0 Å². The average molecular weight is 249 g/mol. The van der Waals surface area contributed by atoms with Gasteiger partial charge in [0.1, 0.15) is 6.33 Å². The van der Waals surface area contributed by atoms with Crippen LogP contribution in [0, 0.1) is 0 Å². The van der Waals surface area contributed by atoms with Crippen molar-refractivity contribution < 1.29 is 4.74 Å². The summed E-state index contributed by atoms with van der Waals surface area (Å²) < 4.78 is 5.95. The lowest BCUT2D eigenvalue weighted by atomic mass is 9.83. The van der Waals surface area contributed by atoms with Crippen LogP contribution in [0.4, 0.5) is 0 Å². The first-order valence-electron chi connectivity index (χ1n) is 6.80. The van der Waals surface area contributed by atoms with Gasteiger partial charge in [-0.2, -0.15) is 0 Å². The Kier molecular flexibility index (Phi) is 4.66. The highest BCUT2D eigenvalue weighted by Crippen LogP contribution is 2.39. The van der Waals surface area contributed by atoms with Gasteiger partial charge >= 0.3 is 0 Å². The van der Waals surface area contributed by atoms with Gasteiger partial charge in [-0.05, 0) is 19.9 Å². The third kappa shape index (κ3) is 2.70. The van der Waals surface area contributed by atoms with Crippen LogP contribution in [0.15, 0.2) is 18.7 Å². The summed E-state index contributed by atoms with van der Waals surface area (Å²) >= 11 is 0. The van der Waals surface area contributed by atoms with E-state index in [-0.39, 0.29) is 11.6 Å². The van der Waals surface area contributed by atoms with Crippen molar-refractivity contribution in [3.05, 3.63) is 24.3 Å². The molecule has 1 saturated carbocycles. The summed E-state index contributed by atoms with van der Waals surface area (Å²) in [7, 11) is 3.82. The van der Waals surface area contributed by atoms with Crippen molar-refractivity contribution in [1.29, 1.82) is 0 Å². The van der Waals surface area contributed by atoms with Crippen LogP contribution in [-0.4, -0.2) is 29.7 Å². The van der Waals surface area contributed by atoms with Crippen molar-refractivity contribution in [3.63, 3.8) is 0 Å². The van der Waals surface area contributed by atoms with E-state index in [1.807, 2.05) is 26.6 Å². The molecule has 1 aromatic rings. The number of aromatic nitrogens is 2. The lowest BCUT2D eigenvalue weighted by molar-refractivity contribution is -0.0524. The van der Waals surface area contributed by atoms with Crippen molar-refractivity contribution in [3.8, 4) is 0 Å². The van der Waals surface area contributed by atoms with E-state index in [1.54, 1.807) is 6.33 Å². The number of nitrogens with zero attached hydrogens (tertiary/aromatic N) is 2. The van der Waals surface area contributed by atoms with Crippen molar-refractivity contribution in [2.45, 2.75) is 50.2 Å². The maximum absolute atomic E-state index is 5.95. The average Bonchev–Trinajstić information content (AvgIpc) is 2.67. The van der Waals surface area contributed by atoms with Gasteiger partial charge in [-0.15, -0.1) is 0 Å². The first kappa shape index (κ1) is 13.4. The summed E-state index contributed by atoms with van der Waals surface area (Å²) in [5.74, 6) is 0. The number of likely N-dealkylation sites (N-methyl/N-ethyl adjacent to an activating group) is 1. The fourth-order valence-electron chi connectivity index (χ4n) is 3.13. The molecule has 0 amide bonds. The summed E-state index contributed by atoms with van der Waals surface area (Å²) in [5, 5.41) is 3.40. The highest BCUT2D eigenvalue weighted by atomic mass is 16.5. The van der Waals surface area contributed by atoms with Crippen LogP contribution >= 0.6 is 0 Å². The van der Waals surface area contributed by atoms with Gasteiger partial charge in [-0.1, -0.05) is 25.7 Å². The third-order valence-corrected chi connectivity index (χ3v) is 4.09. The molecular weight excluding hydrogens is 226 g/mol. The number of ether oxygens (including phenoxy) is 1. The molecule has 1 aromatic heterocycles. The van der Waals surface area contributed by atoms with Gasteiger partial charge in [0.2, 0.25) is 0 Å². The van der Waals surface area contributed by atoms with E-state index < -0.39 is 0 Å². The summed E-state index contributed by atoms with van der Waals surface area (Å²) in [6, 6.07) is 0.168. The van der Waals surface area contributed by atoms with Crippen LogP contribution in [0.25, 0.3) is 0 Å². The maximum atomic E-state index is 5.95. The fourth-order valence-corrected chi connectivity index (χ4v) is 3.13. The van der Waals surface area contributed by atoms with Gasteiger partial charge in [0, 0.05) is 25.1 Å². The van der Waals surface area contributed by atoms with E-state index >= 15 is 0 Å². The van der Waals surface area contributed by atoms with E-state index in [0.717, 1.165) is 18.4 Å². The zero-order chi connectivity index (χ0) is 12.8. The van der Waals surface area contributed by atoms with Gasteiger partial charge in [-0.25, -0.2) is 9.97 Å². The van der Waals surface area contributed by atoms with Crippen LogP contribution in [0.1, 0.15) is 50.1 Å². The minimum Gasteiger partial charge on any atom is -0.376 e. The van der Waals surface area contributed by atoms with Crippen molar-refractivity contribution in [2.75, 3.05) is 14.2 Å². The zero-order valence-corrected chi connectivity index (χ0v) is 11.4. The Balaban J connectivity index is 2.27. The monoisotopic (exact) mass is 249 g/mol. The molecule has 0 radical (unpaired) electrons. The first-order valence-corrected chi connectivity index (χ1v) is 6.80. The second-order valence-corrected chi connectivity index (χ2v) is 5.08. The highest BCUT2D eigenvalue weighted by Gasteiger charge is 2.39.